The summed E-state index contributed by atoms with van der Waals surface area (Å²) in [6.07, 6.45) is 1.84. The van der Waals surface area contributed by atoms with Crippen molar-refractivity contribution in [2.45, 2.75) is 46.2 Å². The van der Waals surface area contributed by atoms with E-state index in [-0.39, 0.29) is 23.8 Å². The third kappa shape index (κ3) is 4.93. The molecule has 0 amide bonds. The molecule has 0 N–H and O–H groups in total. The zero-order valence-corrected chi connectivity index (χ0v) is 15.6. The fourth-order valence-corrected chi connectivity index (χ4v) is 2.38. The minimum atomic E-state index is -0.357. The van der Waals surface area contributed by atoms with E-state index in [1.165, 1.54) is 6.08 Å². The number of aliphatic imine (C=N–C) groups is 2. The highest BCUT2D eigenvalue weighted by Gasteiger charge is 2.31. The van der Waals surface area contributed by atoms with Crippen molar-refractivity contribution in [3.05, 3.63) is 22.0 Å². The quantitative estimate of drug-likeness (QED) is 0.683. The van der Waals surface area contributed by atoms with Gasteiger partial charge in [0, 0.05) is 6.42 Å². The van der Waals surface area contributed by atoms with Crippen molar-refractivity contribution in [3.8, 4) is 0 Å². The minimum Gasteiger partial charge on any atom is -0.483 e. The summed E-state index contributed by atoms with van der Waals surface area (Å²) in [4.78, 5) is 9.14. The predicted molar refractivity (Wildman–Crippen MR) is 92.4 cm³/mol. The van der Waals surface area contributed by atoms with Gasteiger partial charge in [-0.25, -0.2) is 14.4 Å². The average molecular weight is 375 g/mol. The van der Waals surface area contributed by atoms with Crippen LogP contribution in [0.2, 0.25) is 0 Å². The van der Waals surface area contributed by atoms with Crippen LogP contribution in [-0.4, -0.2) is 38.1 Å². The van der Waals surface area contributed by atoms with Gasteiger partial charge in [-0.2, -0.15) is 0 Å². The molecule has 1 rings (SSSR count). The number of nitrogens with zero attached hydrogens (tertiary/aromatic N) is 2. The second kappa shape index (κ2) is 8.46. The molecule has 0 aromatic heterocycles. The van der Waals surface area contributed by atoms with Crippen molar-refractivity contribution < 1.29 is 13.9 Å². The van der Waals surface area contributed by atoms with E-state index in [1.54, 1.807) is 28.1 Å². The number of hydrogen-bond donors (Lipinski definition) is 0. The summed E-state index contributed by atoms with van der Waals surface area (Å²) in [6.45, 7) is 7.62. The molecule has 2 unspecified atom stereocenters. The molecule has 0 radical (unpaired) electrons. The Morgan fingerprint density at radius 2 is 1.82 bits per heavy atom. The van der Waals surface area contributed by atoms with Gasteiger partial charge in [0.05, 0.1) is 14.2 Å². The molecule has 1 aliphatic heterocycles. The lowest BCUT2D eigenvalue weighted by Gasteiger charge is -2.27. The Morgan fingerprint density at radius 1 is 1.23 bits per heavy atom. The zero-order chi connectivity index (χ0) is 16.9. The molecule has 0 aromatic carbocycles. The van der Waals surface area contributed by atoms with Gasteiger partial charge < -0.3 is 9.47 Å². The highest BCUT2D eigenvalue weighted by atomic mass is 79.9. The molecule has 0 fully saturated rings. The van der Waals surface area contributed by atoms with Crippen LogP contribution in [0.1, 0.15) is 34.1 Å². The van der Waals surface area contributed by atoms with Crippen LogP contribution >= 0.6 is 15.9 Å². The molecule has 0 saturated heterocycles. The Hall–Kier alpha value is -1.17. The SMILES string of the molecule is COC1=NC(C(C)C)C(OC)=NC1CC(C)=C(F)C=C(C)Br. The topological polar surface area (TPSA) is 43.2 Å². The third-order valence-corrected chi connectivity index (χ3v) is 3.60. The normalized spacial score (nSPS) is 23.8. The first-order valence-corrected chi connectivity index (χ1v) is 8.01. The number of halogens is 2. The summed E-state index contributed by atoms with van der Waals surface area (Å²) in [7, 11) is 3.15. The van der Waals surface area contributed by atoms with Crippen LogP contribution in [0.4, 0.5) is 4.39 Å². The second-order valence-electron chi connectivity index (χ2n) is 5.61. The zero-order valence-electron chi connectivity index (χ0n) is 14.0. The summed E-state index contributed by atoms with van der Waals surface area (Å²) >= 11 is 3.23. The van der Waals surface area contributed by atoms with Gasteiger partial charge in [-0.1, -0.05) is 29.8 Å². The van der Waals surface area contributed by atoms with E-state index in [2.05, 4.69) is 25.9 Å². The molecule has 0 bridgehead atoms. The van der Waals surface area contributed by atoms with Crippen molar-refractivity contribution in [1.82, 2.24) is 0 Å². The van der Waals surface area contributed by atoms with Gasteiger partial charge >= 0.3 is 0 Å². The number of allylic oxidation sites excluding steroid dienone is 3. The maximum atomic E-state index is 14.0. The van der Waals surface area contributed by atoms with Gasteiger partial charge in [-0.05, 0) is 35.9 Å². The fourth-order valence-electron chi connectivity index (χ4n) is 2.18. The van der Waals surface area contributed by atoms with Crippen LogP contribution in [0.5, 0.6) is 0 Å². The summed E-state index contributed by atoms with van der Waals surface area (Å²) < 4.78 is 25.5. The second-order valence-corrected chi connectivity index (χ2v) is 6.86. The molecule has 6 heteroatoms. The Bertz CT molecular complexity index is 520. The summed E-state index contributed by atoms with van der Waals surface area (Å²) in [5, 5.41) is 0. The van der Waals surface area contributed by atoms with Crippen LogP contribution in [0.25, 0.3) is 0 Å². The molecule has 1 aliphatic rings. The van der Waals surface area contributed by atoms with Crippen molar-refractivity contribution in [1.29, 1.82) is 0 Å². The van der Waals surface area contributed by atoms with Crippen molar-refractivity contribution in [2.24, 2.45) is 15.9 Å². The third-order valence-electron chi connectivity index (χ3n) is 3.37. The lowest BCUT2D eigenvalue weighted by molar-refractivity contribution is 0.332. The summed E-state index contributed by atoms with van der Waals surface area (Å²) in [5.74, 6) is 1.06. The molecule has 1 heterocycles. The van der Waals surface area contributed by atoms with Gasteiger partial charge in [-0.3, -0.25) is 0 Å². The lowest BCUT2D eigenvalue weighted by atomic mass is 10.0. The maximum absolute atomic E-state index is 14.0. The highest BCUT2D eigenvalue weighted by molar-refractivity contribution is 9.11. The van der Waals surface area contributed by atoms with Gasteiger partial charge in [0.25, 0.3) is 0 Å². The van der Waals surface area contributed by atoms with E-state index in [0.717, 1.165) is 4.48 Å². The smallest absolute Gasteiger partial charge is 0.209 e. The maximum Gasteiger partial charge on any atom is 0.209 e. The van der Waals surface area contributed by atoms with Crippen LogP contribution in [0.15, 0.2) is 31.9 Å². The molecule has 0 spiro atoms. The van der Waals surface area contributed by atoms with E-state index in [1.807, 2.05) is 13.8 Å². The van der Waals surface area contributed by atoms with E-state index < -0.39 is 0 Å². The molecular formula is C16H24BrFN2O2. The van der Waals surface area contributed by atoms with Gasteiger partial charge in [0.2, 0.25) is 11.8 Å². The first-order valence-electron chi connectivity index (χ1n) is 7.22. The molecule has 0 aromatic rings. The highest BCUT2D eigenvalue weighted by Crippen LogP contribution is 2.23. The Morgan fingerprint density at radius 3 is 2.27 bits per heavy atom. The first-order chi connectivity index (χ1) is 10.3. The predicted octanol–water partition coefficient (Wildman–Crippen LogP) is 4.42. The van der Waals surface area contributed by atoms with E-state index in [0.29, 0.717) is 23.8 Å². The molecule has 0 aliphatic carbocycles. The van der Waals surface area contributed by atoms with Crippen LogP contribution < -0.4 is 0 Å². The van der Waals surface area contributed by atoms with Crippen LogP contribution in [0.3, 0.4) is 0 Å². The van der Waals surface area contributed by atoms with Crippen LogP contribution in [-0.2, 0) is 9.47 Å². The summed E-state index contributed by atoms with van der Waals surface area (Å²) in [5.41, 5.74) is 0.593. The molecule has 0 saturated carbocycles. The van der Waals surface area contributed by atoms with Crippen LogP contribution in [0, 0.1) is 5.92 Å². The average Bonchev–Trinajstić information content (AvgIpc) is 2.45. The molecule has 22 heavy (non-hydrogen) atoms. The molecular weight excluding hydrogens is 351 g/mol. The summed E-state index contributed by atoms with van der Waals surface area (Å²) in [6, 6.07) is -0.514. The van der Waals surface area contributed by atoms with Gasteiger partial charge in [-0.15, -0.1) is 0 Å². The number of ether oxygens (including phenoxy) is 2. The largest absolute Gasteiger partial charge is 0.483 e. The Balaban J connectivity index is 3.06. The number of hydrogen-bond acceptors (Lipinski definition) is 4. The fraction of sp³-hybridized carbons (Fsp3) is 0.625. The van der Waals surface area contributed by atoms with E-state index >= 15 is 0 Å². The van der Waals surface area contributed by atoms with Gasteiger partial charge in [0.15, 0.2) is 0 Å². The van der Waals surface area contributed by atoms with Gasteiger partial charge in [0.1, 0.15) is 17.9 Å². The molecule has 4 nitrogen and oxygen atoms in total. The molecule has 2 atom stereocenters. The Labute approximate surface area is 140 Å². The first kappa shape index (κ1) is 18.9. The van der Waals surface area contributed by atoms with E-state index in [4.69, 9.17) is 9.47 Å². The van der Waals surface area contributed by atoms with Crippen molar-refractivity contribution in [3.63, 3.8) is 0 Å². The van der Waals surface area contributed by atoms with E-state index in [9.17, 15) is 4.39 Å². The van der Waals surface area contributed by atoms with Crippen molar-refractivity contribution in [2.75, 3.05) is 14.2 Å². The number of methoxy groups -OCH3 is 2. The monoisotopic (exact) mass is 374 g/mol. The standard InChI is InChI=1S/C16H24BrFN2O2/c1-9(2)14-16(22-6)19-13(15(20-14)21-5)7-10(3)12(18)8-11(4)17/h8-9,13-14H,7H2,1-6H3. The lowest BCUT2D eigenvalue weighted by Crippen LogP contribution is -2.37. The molecule has 124 valence electrons. The Kier molecular flexibility index (Phi) is 7.26. The van der Waals surface area contributed by atoms with Crippen molar-refractivity contribution >= 4 is 27.7 Å². The minimum absolute atomic E-state index is 0.157. The number of rotatable bonds is 4.